The molecule has 1 aromatic carbocycles. The van der Waals surface area contributed by atoms with Crippen molar-refractivity contribution >= 4 is 0 Å². The number of ether oxygens (including phenoxy) is 1. The van der Waals surface area contributed by atoms with E-state index in [0.29, 0.717) is 13.0 Å². The zero-order chi connectivity index (χ0) is 10.2. The van der Waals surface area contributed by atoms with E-state index >= 15 is 0 Å². The molecule has 0 amide bonds. The fourth-order valence-corrected chi connectivity index (χ4v) is 1.28. The van der Waals surface area contributed by atoms with Gasteiger partial charge in [-0.2, -0.15) is 0 Å². The van der Waals surface area contributed by atoms with E-state index in [1.165, 1.54) is 0 Å². The molecule has 0 aliphatic rings. The monoisotopic (exact) mass is 194 g/mol. The molecule has 0 saturated carbocycles. The molecule has 0 radical (unpaired) electrons. The fraction of sp³-hybridized carbons (Fsp3) is 0.500. The minimum absolute atomic E-state index is 0.395. The van der Waals surface area contributed by atoms with Gasteiger partial charge in [0.05, 0.1) is 6.10 Å². The Balaban J connectivity index is 2.25. The number of benzene rings is 1. The Morgan fingerprint density at radius 1 is 1.21 bits per heavy atom. The van der Waals surface area contributed by atoms with Crippen LogP contribution in [0.2, 0.25) is 0 Å². The highest BCUT2D eigenvalue weighted by molar-refractivity contribution is 5.16. The standard InChI is InChI=1S/C12H18O2/c1-2-9-14-10-8-12(13)11-6-4-3-5-7-11/h3-7,12-13H,2,8-10H2,1H3. The van der Waals surface area contributed by atoms with Gasteiger partial charge in [-0.25, -0.2) is 0 Å². The van der Waals surface area contributed by atoms with Gasteiger partial charge in [-0.05, 0) is 12.0 Å². The highest BCUT2D eigenvalue weighted by Gasteiger charge is 2.05. The van der Waals surface area contributed by atoms with Crippen LogP contribution in [0.1, 0.15) is 31.4 Å². The Morgan fingerprint density at radius 3 is 2.57 bits per heavy atom. The molecule has 0 aliphatic carbocycles. The lowest BCUT2D eigenvalue weighted by Gasteiger charge is -2.10. The van der Waals surface area contributed by atoms with Crippen molar-refractivity contribution in [2.75, 3.05) is 13.2 Å². The van der Waals surface area contributed by atoms with E-state index in [2.05, 4.69) is 6.92 Å². The normalized spacial score (nSPS) is 12.7. The minimum atomic E-state index is -0.395. The van der Waals surface area contributed by atoms with Gasteiger partial charge in [0.1, 0.15) is 0 Å². The molecule has 78 valence electrons. The molecule has 0 bridgehead atoms. The van der Waals surface area contributed by atoms with Crippen LogP contribution in [0.4, 0.5) is 0 Å². The molecule has 1 N–H and O–H groups in total. The maximum atomic E-state index is 9.74. The lowest BCUT2D eigenvalue weighted by Crippen LogP contribution is -2.03. The summed E-state index contributed by atoms with van der Waals surface area (Å²) in [6, 6.07) is 9.69. The second-order valence-electron chi connectivity index (χ2n) is 3.33. The van der Waals surface area contributed by atoms with Crippen LogP contribution in [0.25, 0.3) is 0 Å². The molecular formula is C12H18O2. The summed E-state index contributed by atoms with van der Waals surface area (Å²) in [6.07, 6.45) is 1.30. The largest absolute Gasteiger partial charge is 0.388 e. The first-order chi connectivity index (χ1) is 6.84. The number of hydrogen-bond acceptors (Lipinski definition) is 2. The predicted molar refractivity (Wildman–Crippen MR) is 57.1 cm³/mol. The molecule has 1 atom stereocenters. The van der Waals surface area contributed by atoms with Crippen molar-refractivity contribution in [3.63, 3.8) is 0 Å². The van der Waals surface area contributed by atoms with Crippen molar-refractivity contribution in [3.05, 3.63) is 35.9 Å². The molecule has 2 heteroatoms. The molecule has 2 nitrogen and oxygen atoms in total. The maximum absolute atomic E-state index is 9.74. The van der Waals surface area contributed by atoms with Gasteiger partial charge in [-0.15, -0.1) is 0 Å². The average Bonchev–Trinajstić information content (AvgIpc) is 2.25. The van der Waals surface area contributed by atoms with Gasteiger partial charge in [0, 0.05) is 19.6 Å². The molecule has 0 heterocycles. The Kier molecular flexibility index (Phi) is 5.27. The highest BCUT2D eigenvalue weighted by atomic mass is 16.5. The number of rotatable bonds is 6. The van der Waals surface area contributed by atoms with Crippen molar-refractivity contribution in [1.29, 1.82) is 0 Å². The summed E-state index contributed by atoms with van der Waals surface area (Å²) in [5, 5.41) is 9.74. The van der Waals surface area contributed by atoms with Crippen LogP contribution in [0.15, 0.2) is 30.3 Å². The topological polar surface area (TPSA) is 29.5 Å². The third kappa shape index (κ3) is 3.90. The van der Waals surface area contributed by atoms with Crippen LogP contribution in [-0.4, -0.2) is 18.3 Å². The molecule has 0 fully saturated rings. The third-order valence-corrected chi connectivity index (χ3v) is 2.07. The van der Waals surface area contributed by atoms with E-state index in [1.807, 2.05) is 30.3 Å². The molecule has 1 rings (SSSR count). The van der Waals surface area contributed by atoms with E-state index in [-0.39, 0.29) is 0 Å². The Hall–Kier alpha value is -0.860. The Labute approximate surface area is 85.5 Å². The maximum Gasteiger partial charge on any atom is 0.0812 e. The molecule has 1 aromatic rings. The van der Waals surface area contributed by atoms with Crippen molar-refractivity contribution < 1.29 is 9.84 Å². The second-order valence-corrected chi connectivity index (χ2v) is 3.33. The van der Waals surface area contributed by atoms with Crippen LogP contribution >= 0.6 is 0 Å². The SMILES string of the molecule is CCCOCCC(O)c1ccccc1. The van der Waals surface area contributed by atoms with Gasteiger partial charge in [-0.3, -0.25) is 0 Å². The van der Waals surface area contributed by atoms with Gasteiger partial charge >= 0.3 is 0 Å². The van der Waals surface area contributed by atoms with Gasteiger partial charge in [0.15, 0.2) is 0 Å². The molecule has 0 saturated heterocycles. The quantitative estimate of drug-likeness (QED) is 0.705. The summed E-state index contributed by atoms with van der Waals surface area (Å²) in [7, 11) is 0. The molecule has 0 spiro atoms. The molecular weight excluding hydrogens is 176 g/mol. The van der Waals surface area contributed by atoms with Crippen LogP contribution in [0.5, 0.6) is 0 Å². The Bertz CT molecular complexity index is 233. The second kappa shape index (κ2) is 6.57. The van der Waals surface area contributed by atoms with Crippen molar-refractivity contribution in [1.82, 2.24) is 0 Å². The van der Waals surface area contributed by atoms with Crippen LogP contribution < -0.4 is 0 Å². The summed E-state index contributed by atoms with van der Waals surface area (Å²) in [4.78, 5) is 0. The first kappa shape index (κ1) is 11.2. The van der Waals surface area contributed by atoms with E-state index in [0.717, 1.165) is 18.6 Å². The number of aliphatic hydroxyl groups is 1. The van der Waals surface area contributed by atoms with E-state index in [1.54, 1.807) is 0 Å². The van der Waals surface area contributed by atoms with E-state index in [4.69, 9.17) is 4.74 Å². The van der Waals surface area contributed by atoms with Crippen LogP contribution in [0.3, 0.4) is 0 Å². The third-order valence-electron chi connectivity index (χ3n) is 2.07. The molecule has 1 unspecified atom stereocenters. The van der Waals surface area contributed by atoms with Crippen molar-refractivity contribution in [3.8, 4) is 0 Å². The lowest BCUT2D eigenvalue weighted by atomic mass is 10.1. The van der Waals surface area contributed by atoms with E-state index < -0.39 is 6.10 Å². The van der Waals surface area contributed by atoms with Gasteiger partial charge in [0.25, 0.3) is 0 Å². The van der Waals surface area contributed by atoms with Gasteiger partial charge in [0.2, 0.25) is 0 Å². The first-order valence-electron chi connectivity index (χ1n) is 5.15. The minimum Gasteiger partial charge on any atom is -0.388 e. The lowest BCUT2D eigenvalue weighted by molar-refractivity contribution is 0.0822. The summed E-state index contributed by atoms with van der Waals surface area (Å²) >= 11 is 0. The number of aliphatic hydroxyl groups excluding tert-OH is 1. The molecule has 0 aromatic heterocycles. The fourth-order valence-electron chi connectivity index (χ4n) is 1.28. The zero-order valence-electron chi connectivity index (χ0n) is 8.65. The van der Waals surface area contributed by atoms with Crippen molar-refractivity contribution in [2.45, 2.75) is 25.9 Å². The summed E-state index contributed by atoms with van der Waals surface area (Å²) in [5.74, 6) is 0. The molecule has 14 heavy (non-hydrogen) atoms. The average molecular weight is 194 g/mol. The summed E-state index contributed by atoms with van der Waals surface area (Å²) in [6.45, 7) is 3.49. The molecule has 0 aliphatic heterocycles. The summed E-state index contributed by atoms with van der Waals surface area (Å²) < 4.78 is 5.31. The first-order valence-corrected chi connectivity index (χ1v) is 5.15. The van der Waals surface area contributed by atoms with Crippen molar-refractivity contribution in [2.24, 2.45) is 0 Å². The number of hydrogen-bond donors (Lipinski definition) is 1. The summed E-state index contributed by atoms with van der Waals surface area (Å²) in [5.41, 5.74) is 0.965. The van der Waals surface area contributed by atoms with Crippen LogP contribution in [0, 0.1) is 0 Å². The zero-order valence-corrected chi connectivity index (χ0v) is 8.65. The smallest absolute Gasteiger partial charge is 0.0812 e. The van der Waals surface area contributed by atoms with Gasteiger partial charge in [-0.1, -0.05) is 37.3 Å². The predicted octanol–water partition coefficient (Wildman–Crippen LogP) is 2.54. The Morgan fingerprint density at radius 2 is 1.93 bits per heavy atom. The van der Waals surface area contributed by atoms with Crippen LogP contribution in [-0.2, 0) is 4.74 Å². The highest BCUT2D eigenvalue weighted by Crippen LogP contribution is 2.15. The van der Waals surface area contributed by atoms with E-state index in [9.17, 15) is 5.11 Å². The van der Waals surface area contributed by atoms with Gasteiger partial charge < -0.3 is 9.84 Å².